The first-order chi connectivity index (χ1) is 19.0. The van der Waals surface area contributed by atoms with Crippen LogP contribution in [0, 0.1) is 0 Å². The lowest BCUT2D eigenvalue weighted by atomic mass is 9.85. The van der Waals surface area contributed by atoms with Gasteiger partial charge >= 0.3 is 5.97 Å². The molecule has 0 amide bonds. The van der Waals surface area contributed by atoms with E-state index in [4.69, 9.17) is 28.1 Å². The van der Waals surface area contributed by atoms with Gasteiger partial charge in [-0.25, -0.2) is 0 Å². The summed E-state index contributed by atoms with van der Waals surface area (Å²) >= 11 is 0. The largest absolute Gasteiger partial charge is 0.497 e. The van der Waals surface area contributed by atoms with Gasteiger partial charge in [0.15, 0.2) is 22.7 Å². The second-order valence-electron chi connectivity index (χ2n) is 9.31. The minimum atomic E-state index is -0.746. The van der Waals surface area contributed by atoms with E-state index in [-0.39, 0.29) is 40.5 Å². The van der Waals surface area contributed by atoms with Crippen LogP contribution in [0.1, 0.15) is 39.4 Å². The first-order valence-corrected chi connectivity index (χ1v) is 12.3. The minimum absolute atomic E-state index is 0.0982. The normalized spacial score (nSPS) is 18.4. The highest BCUT2D eigenvalue weighted by Crippen LogP contribution is 2.48. The number of benzene rings is 3. The van der Waals surface area contributed by atoms with Gasteiger partial charge in [-0.15, -0.1) is 0 Å². The van der Waals surface area contributed by atoms with Crippen LogP contribution < -0.4 is 29.1 Å². The fourth-order valence-corrected chi connectivity index (χ4v) is 5.17. The number of fused-ring (bicyclic) bond motifs is 5. The van der Waals surface area contributed by atoms with E-state index in [2.05, 4.69) is 0 Å². The fraction of sp³-hybridized carbons (Fsp3) is 0.167. The molecule has 9 nitrogen and oxygen atoms in total. The Bertz CT molecular complexity index is 1800. The number of esters is 1. The fourth-order valence-electron chi connectivity index (χ4n) is 5.17. The van der Waals surface area contributed by atoms with Crippen molar-refractivity contribution in [2.75, 3.05) is 20.3 Å². The van der Waals surface area contributed by atoms with Gasteiger partial charge in [-0.1, -0.05) is 6.07 Å². The predicted octanol–water partition coefficient (Wildman–Crippen LogP) is 4.63. The molecule has 1 atom stereocenters. The second-order valence-corrected chi connectivity index (χ2v) is 9.31. The molecule has 7 rings (SSSR count). The van der Waals surface area contributed by atoms with Crippen LogP contribution in [-0.2, 0) is 4.79 Å². The van der Waals surface area contributed by atoms with E-state index < -0.39 is 11.9 Å². The van der Waals surface area contributed by atoms with E-state index in [1.807, 2.05) is 0 Å². The average Bonchev–Trinajstić information content (AvgIpc) is 3.27. The Morgan fingerprint density at radius 2 is 1.72 bits per heavy atom. The molecule has 1 aromatic heterocycles. The minimum Gasteiger partial charge on any atom is -0.497 e. The van der Waals surface area contributed by atoms with E-state index in [1.54, 1.807) is 54.6 Å². The number of ether oxygens (including phenoxy) is 5. The van der Waals surface area contributed by atoms with E-state index >= 15 is 0 Å². The summed E-state index contributed by atoms with van der Waals surface area (Å²) in [5, 5.41) is 0.316. The Kier molecular flexibility index (Phi) is 5.19. The molecule has 4 heterocycles. The standard InChI is InChI=1S/C30H20O9/c1-34-16-3-6-21-19(12-16)28(32)20(14-37-21)18-13-26(31)38-23-7-4-17-29(33)25(39-30(17)27(18)23)11-15-2-5-22-24(10-15)36-9-8-35-22/h2-7,10-12,14,18H,8-9,13H2,1H3/b25-11-/t18-/m0/s1. The number of hydrogen-bond donors (Lipinski definition) is 0. The molecule has 0 unspecified atom stereocenters. The Labute approximate surface area is 221 Å². The van der Waals surface area contributed by atoms with Crippen molar-refractivity contribution >= 4 is 28.8 Å². The van der Waals surface area contributed by atoms with Crippen molar-refractivity contribution < 1.29 is 37.7 Å². The van der Waals surface area contributed by atoms with Gasteiger partial charge in [0.05, 0.1) is 30.7 Å². The van der Waals surface area contributed by atoms with Crippen LogP contribution in [0.2, 0.25) is 0 Å². The highest BCUT2D eigenvalue weighted by atomic mass is 16.6. The Morgan fingerprint density at radius 3 is 2.56 bits per heavy atom. The zero-order chi connectivity index (χ0) is 26.7. The topological polar surface area (TPSA) is 110 Å². The second kappa shape index (κ2) is 8.76. The van der Waals surface area contributed by atoms with Crippen LogP contribution in [0.4, 0.5) is 0 Å². The van der Waals surface area contributed by atoms with Gasteiger partial charge in [0.1, 0.15) is 36.0 Å². The molecule has 0 N–H and O–H groups in total. The van der Waals surface area contributed by atoms with Gasteiger partial charge in [0.2, 0.25) is 5.78 Å². The molecule has 3 aliphatic heterocycles. The SMILES string of the molecule is COc1ccc2occ([C@@H]3CC(=O)Oc4ccc5c(c43)O/C(=C\c3ccc4c(c3)OCCO4)C5=O)c(=O)c2c1. The van der Waals surface area contributed by atoms with Gasteiger partial charge in [-0.2, -0.15) is 0 Å². The zero-order valence-corrected chi connectivity index (χ0v) is 20.6. The molecular formula is C30H20O9. The summed E-state index contributed by atoms with van der Waals surface area (Å²) in [7, 11) is 1.51. The molecular weight excluding hydrogens is 504 g/mol. The molecule has 4 aromatic rings. The Hall–Kier alpha value is -5.05. The lowest BCUT2D eigenvalue weighted by Crippen LogP contribution is -2.25. The van der Waals surface area contributed by atoms with E-state index in [0.717, 1.165) is 0 Å². The van der Waals surface area contributed by atoms with Gasteiger partial charge < -0.3 is 28.1 Å². The molecule has 0 radical (unpaired) electrons. The molecule has 3 aromatic carbocycles. The molecule has 0 fully saturated rings. The lowest BCUT2D eigenvalue weighted by molar-refractivity contribution is -0.135. The maximum Gasteiger partial charge on any atom is 0.312 e. The number of rotatable bonds is 3. The van der Waals surface area contributed by atoms with Crippen LogP contribution in [0.5, 0.6) is 28.7 Å². The van der Waals surface area contributed by atoms with Crippen molar-refractivity contribution in [3.63, 3.8) is 0 Å². The summed E-state index contributed by atoms with van der Waals surface area (Å²) in [6.45, 7) is 0.917. The van der Waals surface area contributed by atoms with Crippen molar-refractivity contribution in [1.82, 2.24) is 0 Å². The smallest absolute Gasteiger partial charge is 0.312 e. The molecule has 0 spiro atoms. The summed E-state index contributed by atoms with van der Waals surface area (Å²) in [5.74, 6) is 0.725. The lowest BCUT2D eigenvalue weighted by Gasteiger charge is -2.25. The van der Waals surface area contributed by atoms with Gasteiger partial charge in [-0.05, 0) is 54.1 Å². The molecule has 39 heavy (non-hydrogen) atoms. The predicted molar refractivity (Wildman–Crippen MR) is 138 cm³/mol. The molecule has 3 aliphatic rings. The summed E-state index contributed by atoms with van der Waals surface area (Å²) in [5.41, 5.74) is 1.78. The number of allylic oxidation sites excluding steroid dienone is 1. The summed E-state index contributed by atoms with van der Waals surface area (Å²) in [6.07, 6.45) is 2.85. The Morgan fingerprint density at radius 1 is 0.897 bits per heavy atom. The highest BCUT2D eigenvalue weighted by Gasteiger charge is 2.39. The number of ketones is 1. The van der Waals surface area contributed by atoms with E-state index in [1.165, 1.54) is 13.4 Å². The van der Waals surface area contributed by atoms with Crippen LogP contribution in [0.3, 0.4) is 0 Å². The molecule has 194 valence electrons. The first-order valence-electron chi connectivity index (χ1n) is 12.3. The zero-order valence-electron chi connectivity index (χ0n) is 20.6. The third-order valence-electron chi connectivity index (χ3n) is 7.03. The van der Waals surface area contributed by atoms with Crippen molar-refractivity contribution in [2.45, 2.75) is 12.3 Å². The number of carbonyl (C=O) groups is 2. The van der Waals surface area contributed by atoms with E-state index in [0.29, 0.717) is 58.1 Å². The third-order valence-corrected chi connectivity index (χ3v) is 7.03. The average molecular weight is 524 g/mol. The van der Waals surface area contributed by atoms with Crippen molar-refractivity contribution in [1.29, 1.82) is 0 Å². The number of hydrogen-bond acceptors (Lipinski definition) is 9. The molecule has 0 saturated heterocycles. The quantitative estimate of drug-likeness (QED) is 0.215. The van der Waals surface area contributed by atoms with Crippen molar-refractivity contribution in [3.05, 3.63) is 93.0 Å². The Balaban J connectivity index is 1.33. The summed E-state index contributed by atoms with van der Waals surface area (Å²) in [4.78, 5) is 39.5. The molecule has 0 bridgehead atoms. The molecule has 0 saturated carbocycles. The number of carbonyl (C=O) groups excluding carboxylic acids is 2. The summed E-state index contributed by atoms with van der Waals surface area (Å²) in [6, 6.07) is 13.4. The number of methoxy groups -OCH3 is 1. The number of Topliss-reactive ketones (excluding diaryl/α,β-unsaturated/α-hetero) is 1. The van der Waals surface area contributed by atoms with Crippen LogP contribution in [-0.4, -0.2) is 32.1 Å². The van der Waals surface area contributed by atoms with Crippen molar-refractivity contribution in [2.24, 2.45) is 0 Å². The van der Waals surface area contributed by atoms with Crippen LogP contribution in [0.25, 0.3) is 17.0 Å². The van der Waals surface area contributed by atoms with Gasteiger partial charge in [0, 0.05) is 17.0 Å². The van der Waals surface area contributed by atoms with Gasteiger partial charge in [0.25, 0.3) is 0 Å². The molecule has 0 aliphatic carbocycles. The van der Waals surface area contributed by atoms with Crippen LogP contribution >= 0.6 is 0 Å². The monoisotopic (exact) mass is 524 g/mol. The maximum atomic E-state index is 13.6. The summed E-state index contributed by atoms with van der Waals surface area (Å²) < 4.78 is 33.8. The van der Waals surface area contributed by atoms with Gasteiger partial charge in [-0.3, -0.25) is 14.4 Å². The maximum absolute atomic E-state index is 13.6. The first kappa shape index (κ1) is 23.1. The third kappa shape index (κ3) is 3.73. The van der Waals surface area contributed by atoms with Crippen molar-refractivity contribution in [3.8, 4) is 28.7 Å². The van der Waals surface area contributed by atoms with Crippen LogP contribution in [0.15, 0.2) is 69.8 Å². The highest BCUT2D eigenvalue weighted by molar-refractivity contribution is 6.15. The van der Waals surface area contributed by atoms with E-state index in [9.17, 15) is 14.4 Å². The molecule has 9 heteroatoms.